The zero-order valence-corrected chi connectivity index (χ0v) is 13.1. The van der Waals surface area contributed by atoms with Crippen LogP contribution in [0.5, 0.6) is 11.5 Å². The minimum absolute atomic E-state index is 0.0436. The Balaban J connectivity index is 0.000000322. The Morgan fingerprint density at radius 2 is 1.57 bits per heavy atom. The highest BCUT2D eigenvalue weighted by Gasteiger charge is 2.07. The second-order valence-electron chi connectivity index (χ2n) is 5.36. The summed E-state index contributed by atoms with van der Waals surface area (Å²) in [5, 5.41) is 10.4. The Bertz CT molecular complexity index is 621. The van der Waals surface area contributed by atoms with Gasteiger partial charge in [0.05, 0.1) is 4.92 Å². The maximum atomic E-state index is 10.4. The highest BCUT2D eigenvalue weighted by Crippen LogP contribution is 2.22. The number of carbonyl (C=O) groups excluding carboxylic acids is 1. The van der Waals surface area contributed by atoms with Gasteiger partial charge < -0.3 is 9.47 Å². The number of non-ortho nitro benzene ring substituents is 1. The standard InChI is InChI=1S/C11H8N2O3.C5H10O2/c14-13(15)9-1-3-10(4-2-9)16-11-5-7-12-8-6-11;1-5(2,3)7-4-6/h1-8H;4H,1-3H3. The molecule has 1 aromatic carbocycles. The highest BCUT2D eigenvalue weighted by atomic mass is 16.6. The summed E-state index contributed by atoms with van der Waals surface area (Å²) in [7, 11) is 0. The average molecular weight is 318 g/mol. The molecule has 1 aromatic heterocycles. The molecule has 1 heterocycles. The molecule has 0 N–H and O–H groups in total. The molecule has 0 aliphatic rings. The van der Waals surface area contributed by atoms with E-state index >= 15 is 0 Å². The first-order valence-electron chi connectivity index (χ1n) is 6.75. The molecule has 0 spiro atoms. The maximum Gasteiger partial charge on any atom is 0.293 e. The van der Waals surface area contributed by atoms with Crippen molar-refractivity contribution in [3.05, 3.63) is 58.9 Å². The molecule has 0 aliphatic carbocycles. The quantitative estimate of drug-likeness (QED) is 0.484. The molecule has 0 saturated heterocycles. The van der Waals surface area contributed by atoms with Gasteiger partial charge in [-0.05, 0) is 45.0 Å². The first-order valence-corrected chi connectivity index (χ1v) is 6.75. The number of hydrogen-bond acceptors (Lipinski definition) is 6. The number of rotatable bonds is 4. The SMILES string of the molecule is CC(C)(C)OC=O.O=[N+]([O-])c1ccc(Oc2ccncc2)cc1. The van der Waals surface area contributed by atoms with Crippen molar-refractivity contribution in [2.45, 2.75) is 26.4 Å². The lowest BCUT2D eigenvalue weighted by Crippen LogP contribution is -2.17. The monoisotopic (exact) mass is 318 g/mol. The van der Waals surface area contributed by atoms with Gasteiger partial charge in [-0.25, -0.2) is 0 Å². The van der Waals surface area contributed by atoms with Crippen LogP contribution in [0.25, 0.3) is 0 Å². The predicted octanol–water partition coefficient (Wildman–Crippen LogP) is 3.74. The van der Waals surface area contributed by atoms with Gasteiger partial charge in [-0.2, -0.15) is 0 Å². The number of nitro benzene ring substituents is 1. The van der Waals surface area contributed by atoms with Crippen LogP contribution >= 0.6 is 0 Å². The number of benzene rings is 1. The third-order valence-electron chi connectivity index (χ3n) is 2.33. The molecule has 122 valence electrons. The van der Waals surface area contributed by atoms with Gasteiger partial charge in [-0.15, -0.1) is 0 Å². The molecular weight excluding hydrogens is 300 g/mol. The molecule has 2 rings (SSSR count). The topological polar surface area (TPSA) is 91.6 Å². The van der Waals surface area contributed by atoms with E-state index < -0.39 is 4.92 Å². The molecule has 0 atom stereocenters. The van der Waals surface area contributed by atoms with Crippen molar-refractivity contribution < 1.29 is 19.2 Å². The summed E-state index contributed by atoms with van der Waals surface area (Å²) in [5.74, 6) is 1.20. The number of nitrogens with zero attached hydrogens (tertiary/aromatic N) is 2. The molecule has 7 nitrogen and oxygen atoms in total. The van der Waals surface area contributed by atoms with Crippen molar-refractivity contribution in [1.29, 1.82) is 0 Å². The van der Waals surface area contributed by atoms with E-state index in [-0.39, 0.29) is 11.3 Å². The zero-order valence-electron chi connectivity index (χ0n) is 13.1. The summed E-state index contributed by atoms with van der Waals surface area (Å²) in [4.78, 5) is 23.4. The number of pyridine rings is 1. The van der Waals surface area contributed by atoms with Gasteiger partial charge in [0.25, 0.3) is 12.2 Å². The maximum absolute atomic E-state index is 10.4. The van der Waals surface area contributed by atoms with Gasteiger partial charge in [-0.1, -0.05) is 0 Å². The van der Waals surface area contributed by atoms with Crippen molar-refractivity contribution in [1.82, 2.24) is 4.98 Å². The van der Waals surface area contributed by atoms with E-state index in [4.69, 9.17) is 4.74 Å². The summed E-state index contributed by atoms with van der Waals surface area (Å²) >= 11 is 0. The molecule has 2 aromatic rings. The minimum atomic E-state index is -0.448. The van der Waals surface area contributed by atoms with E-state index in [1.165, 1.54) is 12.1 Å². The van der Waals surface area contributed by atoms with Gasteiger partial charge in [-0.3, -0.25) is 19.9 Å². The smallest absolute Gasteiger partial charge is 0.293 e. The minimum Gasteiger partial charge on any atom is -0.462 e. The van der Waals surface area contributed by atoms with E-state index in [9.17, 15) is 14.9 Å². The lowest BCUT2D eigenvalue weighted by atomic mass is 10.2. The number of aromatic nitrogens is 1. The second kappa shape index (κ2) is 8.47. The van der Waals surface area contributed by atoms with Crippen molar-refractivity contribution in [2.75, 3.05) is 0 Å². The first kappa shape index (κ1) is 18.1. The Kier molecular flexibility index (Phi) is 6.67. The van der Waals surface area contributed by atoms with Crippen LogP contribution in [-0.2, 0) is 9.53 Å². The van der Waals surface area contributed by atoms with E-state index in [0.717, 1.165) is 0 Å². The molecule has 0 amide bonds. The Morgan fingerprint density at radius 1 is 1.04 bits per heavy atom. The first-order chi connectivity index (χ1) is 10.8. The van der Waals surface area contributed by atoms with Gasteiger partial charge >= 0.3 is 0 Å². The normalized spacial score (nSPS) is 10.0. The summed E-state index contributed by atoms with van der Waals surface area (Å²) in [6.07, 6.45) is 3.22. The number of hydrogen-bond donors (Lipinski definition) is 0. The molecule has 7 heteroatoms. The summed E-state index contributed by atoms with van der Waals surface area (Å²) in [6.45, 7) is 5.92. The summed E-state index contributed by atoms with van der Waals surface area (Å²) in [5.41, 5.74) is -0.274. The Morgan fingerprint density at radius 3 is 1.96 bits per heavy atom. The van der Waals surface area contributed by atoms with Crippen LogP contribution < -0.4 is 4.74 Å². The molecule has 0 radical (unpaired) electrons. The molecule has 0 unspecified atom stereocenters. The van der Waals surface area contributed by atoms with E-state index in [0.29, 0.717) is 18.0 Å². The molecule has 0 aliphatic heterocycles. The van der Waals surface area contributed by atoms with E-state index in [2.05, 4.69) is 9.72 Å². The molecule has 0 saturated carbocycles. The van der Waals surface area contributed by atoms with Crippen molar-refractivity contribution >= 4 is 12.2 Å². The summed E-state index contributed by atoms with van der Waals surface area (Å²) < 4.78 is 10.00. The molecule has 0 fully saturated rings. The largest absolute Gasteiger partial charge is 0.462 e. The van der Waals surface area contributed by atoms with E-state index in [1.54, 1.807) is 36.7 Å². The van der Waals surface area contributed by atoms with Crippen molar-refractivity contribution in [3.63, 3.8) is 0 Å². The van der Waals surface area contributed by atoms with Gasteiger partial charge in [0.15, 0.2) is 0 Å². The van der Waals surface area contributed by atoms with Crippen LogP contribution in [0, 0.1) is 10.1 Å². The van der Waals surface area contributed by atoms with Crippen LogP contribution in [0.1, 0.15) is 20.8 Å². The average Bonchev–Trinajstić information content (AvgIpc) is 2.48. The highest BCUT2D eigenvalue weighted by molar-refractivity contribution is 5.38. The van der Waals surface area contributed by atoms with Gasteiger partial charge in [0.2, 0.25) is 0 Å². The van der Waals surface area contributed by atoms with Crippen LogP contribution in [0.4, 0.5) is 5.69 Å². The van der Waals surface area contributed by atoms with Gasteiger partial charge in [0, 0.05) is 24.5 Å². The zero-order chi connectivity index (χ0) is 17.3. The Hall–Kier alpha value is -2.96. The molecule has 23 heavy (non-hydrogen) atoms. The predicted molar refractivity (Wildman–Crippen MR) is 84.3 cm³/mol. The van der Waals surface area contributed by atoms with Crippen LogP contribution in [0.3, 0.4) is 0 Å². The number of carbonyl (C=O) groups is 1. The Labute approximate surface area is 134 Å². The lowest BCUT2D eigenvalue weighted by Gasteiger charge is -2.14. The summed E-state index contributed by atoms with van der Waals surface area (Å²) in [6, 6.07) is 9.33. The molecule has 0 bridgehead atoms. The fourth-order valence-corrected chi connectivity index (χ4v) is 1.32. The third kappa shape index (κ3) is 7.56. The van der Waals surface area contributed by atoms with Gasteiger partial charge in [0.1, 0.15) is 17.1 Å². The van der Waals surface area contributed by atoms with Crippen LogP contribution in [0.2, 0.25) is 0 Å². The number of ether oxygens (including phenoxy) is 2. The second-order valence-corrected chi connectivity index (χ2v) is 5.36. The fourth-order valence-electron chi connectivity index (χ4n) is 1.32. The number of nitro groups is 1. The van der Waals surface area contributed by atoms with Crippen molar-refractivity contribution in [2.24, 2.45) is 0 Å². The van der Waals surface area contributed by atoms with Crippen molar-refractivity contribution in [3.8, 4) is 11.5 Å². The lowest BCUT2D eigenvalue weighted by molar-refractivity contribution is -0.384. The van der Waals surface area contributed by atoms with E-state index in [1.807, 2.05) is 20.8 Å². The van der Waals surface area contributed by atoms with Crippen LogP contribution in [-0.4, -0.2) is 22.0 Å². The fraction of sp³-hybridized carbons (Fsp3) is 0.250. The third-order valence-corrected chi connectivity index (χ3v) is 2.33. The molecular formula is C16H18N2O5. The van der Waals surface area contributed by atoms with Crippen LogP contribution in [0.15, 0.2) is 48.8 Å².